The monoisotopic (exact) mass is 328 g/mol. The Morgan fingerprint density at radius 1 is 1.50 bits per heavy atom. The average molecular weight is 328 g/mol. The van der Waals surface area contributed by atoms with E-state index in [0.29, 0.717) is 15.7 Å². The first-order chi connectivity index (χ1) is 10.3. The molecule has 1 aromatic carbocycles. The molecule has 0 aliphatic heterocycles. The lowest BCUT2D eigenvalue weighted by atomic mass is 10.2. The predicted molar refractivity (Wildman–Crippen MR) is 82.7 cm³/mol. The van der Waals surface area contributed by atoms with Crippen molar-refractivity contribution in [2.24, 2.45) is 5.92 Å². The highest BCUT2D eigenvalue weighted by atomic mass is 32.2. The molecule has 0 heterocycles. The van der Waals surface area contributed by atoms with E-state index < -0.39 is 28.5 Å². The number of sulfonamides is 1. The van der Waals surface area contributed by atoms with Crippen LogP contribution in [-0.2, 0) is 26.2 Å². The topological polar surface area (TPSA) is 110 Å². The molecule has 8 heteroatoms. The second-order valence-corrected chi connectivity index (χ2v) is 6.63. The standard InChI is InChI=1S/C14H20N2O5S/c1-3-8-22(19,20)16(21-14(18)11(2)10-17)9-12-6-4-5-7-13(12)15/h3-7,11,17H,1,8-10,15H2,2H3. The third kappa shape index (κ3) is 4.83. The number of carbonyl (C=O) groups excluding carboxylic acids is 1. The van der Waals surface area contributed by atoms with Crippen molar-refractivity contribution in [3.63, 3.8) is 0 Å². The molecule has 0 fully saturated rings. The zero-order valence-corrected chi connectivity index (χ0v) is 13.1. The Bertz CT molecular complexity index is 630. The van der Waals surface area contributed by atoms with Gasteiger partial charge in [-0.1, -0.05) is 24.3 Å². The third-order valence-electron chi connectivity index (χ3n) is 2.86. The summed E-state index contributed by atoms with van der Waals surface area (Å²) in [5, 5.41) is 8.95. The molecule has 0 bridgehead atoms. The zero-order chi connectivity index (χ0) is 16.8. The van der Waals surface area contributed by atoms with Crippen LogP contribution in [0, 0.1) is 5.92 Å². The molecule has 0 spiro atoms. The van der Waals surface area contributed by atoms with E-state index in [1.807, 2.05) is 0 Å². The van der Waals surface area contributed by atoms with Crippen LogP contribution in [0.3, 0.4) is 0 Å². The van der Waals surface area contributed by atoms with Gasteiger partial charge >= 0.3 is 5.97 Å². The Labute approximate surface area is 130 Å². The second kappa shape index (κ2) is 7.92. The predicted octanol–water partition coefficient (Wildman–Crippen LogP) is 0.673. The molecule has 1 rings (SSSR count). The minimum atomic E-state index is -3.89. The van der Waals surface area contributed by atoms with Gasteiger partial charge in [0.25, 0.3) is 0 Å². The van der Waals surface area contributed by atoms with Crippen LogP contribution < -0.4 is 5.73 Å². The van der Waals surface area contributed by atoms with Crippen molar-refractivity contribution in [2.75, 3.05) is 18.1 Å². The maximum atomic E-state index is 12.2. The van der Waals surface area contributed by atoms with Crippen LogP contribution >= 0.6 is 0 Å². The van der Waals surface area contributed by atoms with Crippen LogP contribution in [0.25, 0.3) is 0 Å². The molecule has 0 aliphatic carbocycles. The molecule has 0 amide bonds. The van der Waals surface area contributed by atoms with E-state index in [9.17, 15) is 13.2 Å². The Morgan fingerprint density at radius 2 is 2.14 bits per heavy atom. The van der Waals surface area contributed by atoms with Gasteiger partial charge in [-0.25, -0.2) is 13.2 Å². The number of aliphatic hydroxyl groups excluding tert-OH is 1. The van der Waals surface area contributed by atoms with E-state index in [2.05, 4.69) is 6.58 Å². The summed E-state index contributed by atoms with van der Waals surface area (Å²) in [6.07, 6.45) is 1.19. The van der Waals surface area contributed by atoms with Crippen molar-refractivity contribution in [1.29, 1.82) is 0 Å². The molecule has 1 unspecified atom stereocenters. The number of para-hydroxylation sites is 1. The Kier molecular flexibility index (Phi) is 6.54. The number of nitrogens with zero attached hydrogens (tertiary/aromatic N) is 1. The van der Waals surface area contributed by atoms with Crippen LogP contribution in [0.1, 0.15) is 12.5 Å². The summed E-state index contributed by atoms with van der Waals surface area (Å²) in [4.78, 5) is 16.7. The molecule has 1 atom stereocenters. The summed E-state index contributed by atoms with van der Waals surface area (Å²) < 4.78 is 24.9. The van der Waals surface area contributed by atoms with Crippen LogP contribution in [-0.4, -0.2) is 36.3 Å². The third-order valence-corrected chi connectivity index (χ3v) is 4.34. The molecule has 7 nitrogen and oxygen atoms in total. The van der Waals surface area contributed by atoms with Crippen LogP contribution in [0.2, 0.25) is 0 Å². The van der Waals surface area contributed by atoms with E-state index in [4.69, 9.17) is 15.7 Å². The van der Waals surface area contributed by atoms with Crippen molar-refractivity contribution in [3.05, 3.63) is 42.5 Å². The highest BCUT2D eigenvalue weighted by molar-refractivity contribution is 7.89. The molecule has 1 aromatic rings. The number of hydrogen-bond acceptors (Lipinski definition) is 6. The average Bonchev–Trinajstić information content (AvgIpc) is 2.47. The largest absolute Gasteiger partial charge is 0.398 e. The lowest BCUT2D eigenvalue weighted by molar-refractivity contribution is -0.176. The summed E-state index contributed by atoms with van der Waals surface area (Å²) in [5.41, 5.74) is 6.66. The summed E-state index contributed by atoms with van der Waals surface area (Å²) in [6, 6.07) is 6.66. The molecule has 122 valence electrons. The smallest absolute Gasteiger partial charge is 0.331 e. The van der Waals surface area contributed by atoms with E-state index in [-0.39, 0.29) is 12.3 Å². The SMILES string of the molecule is C=CCS(=O)(=O)N(Cc1ccccc1N)OC(=O)C(C)CO. The Hall–Kier alpha value is -1.90. The molecule has 0 saturated heterocycles. The van der Waals surface area contributed by atoms with Gasteiger partial charge in [0.05, 0.1) is 24.8 Å². The zero-order valence-electron chi connectivity index (χ0n) is 12.3. The van der Waals surface area contributed by atoms with Crippen molar-refractivity contribution in [3.8, 4) is 0 Å². The highest BCUT2D eigenvalue weighted by Gasteiger charge is 2.28. The van der Waals surface area contributed by atoms with Gasteiger partial charge < -0.3 is 15.7 Å². The number of hydroxylamine groups is 1. The second-order valence-electron chi connectivity index (χ2n) is 4.72. The summed E-state index contributed by atoms with van der Waals surface area (Å²) in [5.74, 6) is -2.07. The van der Waals surface area contributed by atoms with Gasteiger partial charge in [-0.05, 0) is 23.0 Å². The van der Waals surface area contributed by atoms with E-state index in [1.165, 1.54) is 13.0 Å². The fraction of sp³-hybridized carbons (Fsp3) is 0.357. The summed E-state index contributed by atoms with van der Waals surface area (Å²) >= 11 is 0. The number of nitrogens with two attached hydrogens (primary N) is 1. The minimum absolute atomic E-state index is 0.216. The van der Waals surface area contributed by atoms with Crippen LogP contribution in [0.4, 0.5) is 5.69 Å². The molecule has 3 N–H and O–H groups in total. The maximum absolute atomic E-state index is 12.2. The van der Waals surface area contributed by atoms with Crippen LogP contribution in [0.5, 0.6) is 0 Å². The number of nitrogen functional groups attached to an aromatic ring is 1. The van der Waals surface area contributed by atoms with Gasteiger partial charge in [0, 0.05) is 5.69 Å². The van der Waals surface area contributed by atoms with Crippen molar-refractivity contribution in [1.82, 2.24) is 4.47 Å². The quantitative estimate of drug-likeness (QED) is 0.412. The Balaban J connectivity index is 3.04. The number of benzene rings is 1. The molecule has 0 radical (unpaired) electrons. The first-order valence-electron chi connectivity index (χ1n) is 6.59. The van der Waals surface area contributed by atoms with Crippen molar-refractivity contribution < 1.29 is 23.2 Å². The lowest BCUT2D eigenvalue weighted by Gasteiger charge is -2.22. The van der Waals surface area contributed by atoms with Crippen molar-refractivity contribution in [2.45, 2.75) is 13.5 Å². The fourth-order valence-corrected chi connectivity index (χ4v) is 2.49. The van der Waals surface area contributed by atoms with Gasteiger partial charge in [-0.2, -0.15) is 0 Å². The highest BCUT2D eigenvalue weighted by Crippen LogP contribution is 2.17. The first-order valence-corrected chi connectivity index (χ1v) is 8.20. The molecule has 0 aliphatic rings. The van der Waals surface area contributed by atoms with E-state index in [1.54, 1.807) is 24.3 Å². The molecular weight excluding hydrogens is 308 g/mol. The van der Waals surface area contributed by atoms with Crippen molar-refractivity contribution >= 4 is 21.7 Å². The number of aliphatic hydroxyl groups is 1. The summed E-state index contributed by atoms with van der Waals surface area (Å²) in [6.45, 7) is 4.14. The molecule has 22 heavy (non-hydrogen) atoms. The number of hydrogen-bond donors (Lipinski definition) is 2. The number of rotatable bonds is 8. The van der Waals surface area contributed by atoms with Gasteiger partial charge in [-0.15, -0.1) is 6.58 Å². The van der Waals surface area contributed by atoms with E-state index >= 15 is 0 Å². The number of carbonyl (C=O) groups is 1. The first kappa shape index (κ1) is 18.1. The number of anilines is 1. The van der Waals surface area contributed by atoms with Gasteiger partial charge in [0.2, 0.25) is 10.0 Å². The summed E-state index contributed by atoms with van der Waals surface area (Å²) in [7, 11) is -3.89. The molecule has 0 aromatic heterocycles. The van der Waals surface area contributed by atoms with Gasteiger partial charge in [0.15, 0.2) is 0 Å². The molecule has 0 saturated carbocycles. The maximum Gasteiger partial charge on any atom is 0.331 e. The lowest BCUT2D eigenvalue weighted by Crippen LogP contribution is -2.36. The van der Waals surface area contributed by atoms with E-state index in [0.717, 1.165) is 0 Å². The van der Waals surface area contributed by atoms with Gasteiger partial charge in [0.1, 0.15) is 0 Å². The Morgan fingerprint density at radius 3 is 2.68 bits per heavy atom. The fourth-order valence-electron chi connectivity index (χ4n) is 1.50. The van der Waals surface area contributed by atoms with Gasteiger partial charge in [-0.3, -0.25) is 0 Å². The minimum Gasteiger partial charge on any atom is -0.398 e. The normalized spacial score (nSPS) is 12.9. The molecular formula is C14H20N2O5S. The van der Waals surface area contributed by atoms with Crippen LogP contribution in [0.15, 0.2) is 36.9 Å².